The molecular weight excluding hydrogens is 220 g/mol. The van der Waals surface area contributed by atoms with E-state index in [9.17, 15) is 8.42 Å². The van der Waals surface area contributed by atoms with E-state index in [1.54, 1.807) is 0 Å². The molecule has 1 fully saturated rings. The van der Waals surface area contributed by atoms with Gasteiger partial charge in [0.05, 0.1) is 5.25 Å². The van der Waals surface area contributed by atoms with Gasteiger partial charge >= 0.3 is 0 Å². The van der Waals surface area contributed by atoms with Crippen LogP contribution in [0.2, 0.25) is 0 Å². The number of rotatable bonds is 2. The lowest BCUT2D eigenvalue weighted by Gasteiger charge is -2.35. The van der Waals surface area contributed by atoms with Crippen LogP contribution in [-0.2, 0) is 9.05 Å². The van der Waals surface area contributed by atoms with Crippen LogP contribution in [0, 0.1) is 17.8 Å². The summed E-state index contributed by atoms with van der Waals surface area (Å²) in [4.78, 5) is 0. The monoisotopic (exact) mass is 238 g/mol. The van der Waals surface area contributed by atoms with E-state index in [1.807, 2.05) is 0 Å². The van der Waals surface area contributed by atoms with Gasteiger partial charge in [-0.05, 0) is 30.6 Å². The highest BCUT2D eigenvalue weighted by Gasteiger charge is 2.38. The molecule has 1 rings (SSSR count). The summed E-state index contributed by atoms with van der Waals surface area (Å²) in [5, 5.41) is -0.326. The average Bonchev–Trinajstić information content (AvgIpc) is 2.01. The zero-order valence-electron chi connectivity index (χ0n) is 9.03. The molecule has 0 aliphatic heterocycles. The van der Waals surface area contributed by atoms with Gasteiger partial charge in [-0.15, -0.1) is 0 Å². The molecule has 14 heavy (non-hydrogen) atoms. The van der Waals surface area contributed by atoms with E-state index in [0.717, 1.165) is 19.3 Å². The van der Waals surface area contributed by atoms with Crippen LogP contribution in [0.4, 0.5) is 0 Å². The molecule has 0 aromatic carbocycles. The Balaban J connectivity index is 2.85. The fourth-order valence-electron chi connectivity index (χ4n) is 2.44. The largest absolute Gasteiger partial charge is 0.235 e. The molecule has 0 spiro atoms. The van der Waals surface area contributed by atoms with E-state index in [0.29, 0.717) is 11.8 Å². The van der Waals surface area contributed by atoms with Crippen LogP contribution in [0.5, 0.6) is 0 Å². The van der Waals surface area contributed by atoms with Crippen molar-refractivity contribution in [2.24, 2.45) is 17.8 Å². The first-order valence-corrected chi connectivity index (χ1v) is 7.63. The summed E-state index contributed by atoms with van der Waals surface area (Å²) in [6, 6.07) is 0. The van der Waals surface area contributed by atoms with E-state index >= 15 is 0 Å². The maximum Gasteiger partial charge on any atom is 0.235 e. The first-order chi connectivity index (χ1) is 6.32. The van der Waals surface area contributed by atoms with Crippen LogP contribution in [0.1, 0.15) is 40.0 Å². The number of halogens is 1. The maximum atomic E-state index is 11.4. The Morgan fingerprint density at radius 2 is 1.86 bits per heavy atom. The molecule has 2 nitrogen and oxygen atoms in total. The molecule has 4 heteroatoms. The van der Waals surface area contributed by atoms with Crippen LogP contribution < -0.4 is 0 Å². The predicted molar refractivity (Wildman–Crippen MR) is 59.9 cm³/mol. The lowest BCUT2D eigenvalue weighted by atomic mass is 9.77. The third-order valence-electron chi connectivity index (χ3n) is 3.32. The van der Waals surface area contributed by atoms with Gasteiger partial charge in [0.2, 0.25) is 9.05 Å². The molecule has 0 saturated heterocycles. The molecule has 0 N–H and O–H groups in total. The van der Waals surface area contributed by atoms with Gasteiger partial charge in [-0.3, -0.25) is 0 Å². The van der Waals surface area contributed by atoms with Crippen molar-refractivity contribution in [3.8, 4) is 0 Å². The zero-order valence-corrected chi connectivity index (χ0v) is 10.6. The summed E-state index contributed by atoms with van der Waals surface area (Å²) in [7, 11) is 2.11. The lowest BCUT2D eigenvalue weighted by Crippen LogP contribution is -2.36. The van der Waals surface area contributed by atoms with Crippen molar-refractivity contribution in [3.05, 3.63) is 0 Å². The van der Waals surface area contributed by atoms with Gasteiger partial charge < -0.3 is 0 Å². The van der Waals surface area contributed by atoms with Gasteiger partial charge in [0.1, 0.15) is 0 Å². The molecule has 0 radical (unpaired) electrons. The van der Waals surface area contributed by atoms with Gasteiger partial charge in [0.25, 0.3) is 0 Å². The van der Waals surface area contributed by atoms with E-state index in [1.165, 1.54) is 0 Å². The summed E-state index contributed by atoms with van der Waals surface area (Å²) >= 11 is 0. The molecule has 1 saturated carbocycles. The third-order valence-corrected chi connectivity index (χ3v) is 5.27. The Hall–Kier alpha value is 0.240. The number of hydrogen-bond donors (Lipinski definition) is 0. The Kier molecular flexibility index (Phi) is 3.87. The minimum atomic E-state index is -3.38. The van der Waals surface area contributed by atoms with Crippen LogP contribution in [0.25, 0.3) is 0 Å². The Morgan fingerprint density at radius 1 is 1.29 bits per heavy atom. The highest BCUT2D eigenvalue weighted by atomic mass is 35.7. The second-order valence-corrected chi connectivity index (χ2v) is 7.69. The zero-order chi connectivity index (χ0) is 10.9. The van der Waals surface area contributed by atoms with Gasteiger partial charge in [-0.1, -0.05) is 27.2 Å². The molecule has 0 amide bonds. The standard InChI is InChI=1S/C10H19ClO2S/c1-7(2)9-5-4-8(3)6-10(9)14(11,12)13/h7-10H,4-6H2,1-3H3. The molecule has 84 valence electrons. The first-order valence-electron chi connectivity index (χ1n) is 5.26. The van der Waals surface area contributed by atoms with Gasteiger partial charge in [0.15, 0.2) is 0 Å². The van der Waals surface area contributed by atoms with Crippen molar-refractivity contribution in [2.75, 3.05) is 0 Å². The maximum absolute atomic E-state index is 11.4. The molecular formula is C10H19ClO2S. The van der Waals surface area contributed by atoms with Crippen molar-refractivity contribution in [3.63, 3.8) is 0 Å². The van der Waals surface area contributed by atoms with E-state index < -0.39 is 9.05 Å². The summed E-state index contributed by atoms with van der Waals surface area (Å²) in [5.74, 6) is 1.14. The van der Waals surface area contributed by atoms with Crippen molar-refractivity contribution in [1.29, 1.82) is 0 Å². The molecule has 0 aromatic heterocycles. The fraction of sp³-hybridized carbons (Fsp3) is 1.00. The van der Waals surface area contributed by atoms with Crippen LogP contribution in [-0.4, -0.2) is 13.7 Å². The van der Waals surface area contributed by atoms with Gasteiger partial charge in [-0.25, -0.2) is 8.42 Å². The van der Waals surface area contributed by atoms with Gasteiger partial charge in [-0.2, -0.15) is 0 Å². The molecule has 3 atom stereocenters. The highest BCUT2D eigenvalue weighted by molar-refractivity contribution is 8.14. The lowest BCUT2D eigenvalue weighted by molar-refractivity contribution is 0.238. The topological polar surface area (TPSA) is 34.1 Å². The Morgan fingerprint density at radius 3 is 2.29 bits per heavy atom. The minimum Gasteiger partial charge on any atom is -0.212 e. The van der Waals surface area contributed by atoms with E-state index in [4.69, 9.17) is 10.7 Å². The van der Waals surface area contributed by atoms with Crippen LogP contribution in [0.15, 0.2) is 0 Å². The Labute approximate surface area is 91.5 Å². The summed E-state index contributed by atoms with van der Waals surface area (Å²) in [6.45, 7) is 6.26. The summed E-state index contributed by atoms with van der Waals surface area (Å²) < 4.78 is 22.8. The van der Waals surface area contributed by atoms with E-state index in [2.05, 4.69) is 20.8 Å². The van der Waals surface area contributed by atoms with Crippen molar-refractivity contribution < 1.29 is 8.42 Å². The minimum absolute atomic E-state index is 0.244. The van der Waals surface area contributed by atoms with Crippen molar-refractivity contribution >= 4 is 19.7 Å². The van der Waals surface area contributed by atoms with Crippen LogP contribution >= 0.6 is 10.7 Å². The van der Waals surface area contributed by atoms with Crippen molar-refractivity contribution in [2.45, 2.75) is 45.3 Å². The molecule has 3 unspecified atom stereocenters. The molecule has 0 bridgehead atoms. The third kappa shape index (κ3) is 2.86. The number of hydrogen-bond acceptors (Lipinski definition) is 2. The summed E-state index contributed by atoms with van der Waals surface area (Å²) in [6.07, 6.45) is 2.86. The predicted octanol–water partition coefficient (Wildman–Crippen LogP) is 3.02. The summed E-state index contributed by atoms with van der Waals surface area (Å²) in [5.41, 5.74) is 0. The van der Waals surface area contributed by atoms with Crippen molar-refractivity contribution in [1.82, 2.24) is 0 Å². The quantitative estimate of drug-likeness (QED) is 0.693. The molecule has 0 aromatic rings. The molecule has 1 aliphatic carbocycles. The normalized spacial score (nSPS) is 34.8. The molecule has 1 aliphatic rings. The molecule has 0 heterocycles. The Bertz CT molecular complexity index is 284. The highest BCUT2D eigenvalue weighted by Crippen LogP contribution is 2.38. The average molecular weight is 239 g/mol. The smallest absolute Gasteiger partial charge is 0.212 e. The first kappa shape index (κ1) is 12.3. The van der Waals surface area contributed by atoms with E-state index in [-0.39, 0.29) is 11.2 Å². The SMILES string of the molecule is CC1CCC(C(C)C)C(S(=O)(=O)Cl)C1. The second kappa shape index (κ2) is 4.40. The fourth-order valence-corrected chi connectivity index (χ4v) is 4.48. The van der Waals surface area contributed by atoms with Crippen LogP contribution in [0.3, 0.4) is 0 Å². The second-order valence-electron chi connectivity index (χ2n) is 4.84. The van der Waals surface area contributed by atoms with Gasteiger partial charge in [0, 0.05) is 10.7 Å².